The highest BCUT2D eigenvalue weighted by Gasteiger charge is 2.29. The van der Waals surface area contributed by atoms with E-state index in [1.165, 1.54) is 0 Å². The van der Waals surface area contributed by atoms with Crippen LogP contribution in [0.5, 0.6) is 0 Å². The first-order chi connectivity index (χ1) is 12.1. The monoisotopic (exact) mass is 362 g/mol. The highest BCUT2D eigenvalue weighted by Crippen LogP contribution is 2.28. The summed E-state index contributed by atoms with van der Waals surface area (Å²) in [6.45, 7) is 4.40. The van der Waals surface area contributed by atoms with Gasteiger partial charge in [-0.3, -0.25) is 15.6 Å². The number of benzene rings is 1. The van der Waals surface area contributed by atoms with E-state index in [2.05, 4.69) is 26.5 Å². The Morgan fingerprint density at radius 3 is 2.64 bits per heavy atom. The van der Waals surface area contributed by atoms with Crippen LogP contribution in [0.3, 0.4) is 0 Å². The Balaban J connectivity index is 0. The average molecular weight is 362 g/mol. The van der Waals surface area contributed by atoms with Gasteiger partial charge in [0.25, 0.3) is 0 Å². The number of thiocarbonyl (C=S) groups is 1. The number of aromatic nitrogens is 3. The third-order valence-corrected chi connectivity index (χ3v) is 3.62. The number of hydrazine groups is 1. The van der Waals surface area contributed by atoms with Crippen molar-refractivity contribution in [1.82, 2.24) is 31.2 Å². The fraction of sp³-hybridized carbons (Fsp3) is 0.375. The van der Waals surface area contributed by atoms with Crippen molar-refractivity contribution in [3.05, 3.63) is 36.2 Å². The number of carbonyl (C=O) groups excluding carboxylic acids is 1. The Bertz CT molecular complexity index is 727. The predicted octanol–water partition coefficient (Wildman–Crippen LogP) is 1.23. The summed E-state index contributed by atoms with van der Waals surface area (Å²) >= 11 is 5.09. The second kappa shape index (κ2) is 9.17. The highest BCUT2D eigenvalue weighted by molar-refractivity contribution is 7.80. The molecule has 1 amide bonds. The summed E-state index contributed by atoms with van der Waals surface area (Å²) < 4.78 is 1.65. The van der Waals surface area contributed by atoms with Crippen LogP contribution in [0.1, 0.15) is 36.7 Å². The van der Waals surface area contributed by atoms with E-state index in [0.29, 0.717) is 17.1 Å². The molecule has 3 N–H and O–H groups in total. The van der Waals surface area contributed by atoms with Gasteiger partial charge >= 0.3 is 0 Å². The van der Waals surface area contributed by atoms with Crippen molar-refractivity contribution in [2.75, 3.05) is 0 Å². The van der Waals surface area contributed by atoms with Crippen LogP contribution >= 0.6 is 12.2 Å². The maximum absolute atomic E-state index is 11.5. The maximum Gasteiger partial charge on any atom is 0.241 e. The molecular formula is C16H27BN6OS. The Hall–Kier alpha value is -2.42. The van der Waals surface area contributed by atoms with Crippen LogP contribution in [0.15, 0.2) is 30.5 Å². The van der Waals surface area contributed by atoms with Crippen molar-refractivity contribution in [2.45, 2.75) is 33.2 Å². The van der Waals surface area contributed by atoms with Crippen LogP contribution in [0.4, 0.5) is 0 Å². The Kier molecular flexibility index (Phi) is 6.94. The van der Waals surface area contributed by atoms with Crippen LogP contribution < -0.4 is 21.6 Å². The van der Waals surface area contributed by atoms with Crippen molar-refractivity contribution in [3.8, 4) is 5.69 Å². The zero-order valence-electron chi connectivity index (χ0n) is 14.3. The largest absolute Gasteiger partial charge is 0.356 e. The smallest absolute Gasteiger partial charge is 0.241 e. The number of carbonyl (C=O) groups is 1. The van der Waals surface area contributed by atoms with Gasteiger partial charge in [-0.05, 0) is 37.2 Å². The number of amides is 1. The van der Waals surface area contributed by atoms with E-state index >= 15 is 0 Å². The first kappa shape index (κ1) is 18.9. The zero-order valence-corrected chi connectivity index (χ0v) is 15.1. The van der Waals surface area contributed by atoms with Crippen molar-refractivity contribution < 1.29 is 9.07 Å². The van der Waals surface area contributed by atoms with E-state index in [-0.39, 0.29) is 16.1 Å². The fourth-order valence-corrected chi connectivity index (χ4v) is 2.04. The van der Waals surface area contributed by atoms with E-state index in [1.54, 1.807) is 23.0 Å². The molecule has 1 aliphatic carbocycles. The summed E-state index contributed by atoms with van der Waals surface area (Å²) in [5, 5.41) is 11.4. The fourth-order valence-electron chi connectivity index (χ4n) is 1.91. The first-order valence-electron chi connectivity index (χ1n) is 8.22. The summed E-state index contributed by atoms with van der Waals surface area (Å²) in [6, 6.07) is 7.33. The summed E-state index contributed by atoms with van der Waals surface area (Å²) in [4.78, 5) is 11.5. The zero-order chi connectivity index (χ0) is 18.2. The third-order valence-electron chi connectivity index (χ3n) is 3.38. The molecule has 0 aliphatic heterocycles. The second-order valence-corrected chi connectivity index (χ2v) is 5.73. The number of nitrogens with one attached hydrogen (secondary N) is 3. The molecule has 2 aromatic rings. The minimum absolute atomic E-state index is 0. The molecule has 25 heavy (non-hydrogen) atoms. The normalized spacial score (nSPS) is 12.6. The van der Waals surface area contributed by atoms with Gasteiger partial charge in [0, 0.05) is 10.2 Å². The van der Waals surface area contributed by atoms with Gasteiger partial charge in [-0.2, -0.15) is 0 Å². The van der Waals surface area contributed by atoms with Gasteiger partial charge < -0.3 is 5.32 Å². The number of hydrogen-bond acceptors (Lipinski definition) is 4. The van der Waals surface area contributed by atoms with Gasteiger partial charge in [-0.25, -0.2) is 4.68 Å². The third kappa shape index (κ3) is 5.86. The Morgan fingerprint density at radius 1 is 1.32 bits per heavy atom. The molecule has 1 aromatic heterocycles. The van der Waals surface area contributed by atoms with Crippen LogP contribution in [-0.2, 0) is 11.3 Å². The molecule has 7 nitrogen and oxygen atoms in total. The van der Waals surface area contributed by atoms with Crippen molar-refractivity contribution in [1.29, 1.82) is 0 Å². The molecule has 1 saturated carbocycles. The van der Waals surface area contributed by atoms with Gasteiger partial charge in [0.15, 0.2) is 5.11 Å². The Morgan fingerprint density at radius 2 is 2.00 bits per heavy atom. The summed E-state index contributed by atoms with van der Waals surface area (Å²) in [6.07, 6.45) is 3.69. The quantitative estimate of drug-likeness (QED) is 0.431. The molecule has 1 aromatic carbocycles. The van der Waals surface area contributed by atoms with Crippen LogP contribution in [0.25, 0.3) is 5.69 Å². The summed E-state index contributed by atoms with van der Waals surface area (Å²) in [7, 11) is 5.66. The molecule has 3 rings (SSSR count). The second-order valence-electron chi connectivity index (χ2n) is 5.32. The molecule has 0 unspecified atom stereocenters. The molecule has 0 saturated heterocycles. The van der Waals surface area contributed by atoms with E-state index in [0.717, 1.165) is 24.2 Å². The molecule has 1 heterocycles. The van der Waals surface area contributed by atoms with E-state index in [4.69, 9.17) is 20.1 Å². The van der Waals surface area contributed by atoms with Crippen molar-refractivity contribution in [2.24, 2.45) is 5.92 Å². The lowest BCUT2D eigenvalue weighted by Crippen LogP contribution is -2.47. The molecule has 9 heteroatoms. The lowest BCUT2D eigenvalue weighted by atomic mass is 9.96. The van der Waals surface area contributed by atoms with Gasteiger partial charge in [-0.1, -0.05) is 36.7 Å². The maximum atomic E-state index is 11.5. The van der Waals surface area contributed by atoms with Gasteiger partial charge in [0.2, 0.25) is 5.91 Å². The highest BCUT2D eigenvalue weighted by atomic mass is 32.1. The first-order valence-corrected chi connectivity index (χ1v) is 8.63. The van der Waals surface area contributed by atoms with Crippen LogP contribution in [-0.4, -0.2) is 33.9 Å². The molecule has 136 valence electrons. The summed E-state index contributed by atoms with van der Waals surface area (Å²) in [5.41, 5.74) is 7.53. The van der Waals surface area contributed by atoms with Gasteiger partial charge in [0.1, 0.15) is 13.5 Å². The lowest BCUT2D eigenvalue weighted by molar-refractivity contribution is -0.122. The lowest BCUT2D eigenvalue weighted by Gasteiger charge is -2.09. The van der Waals surface area contributed by atoms with E-state index < -0.39 is 0 Å². The molecule has 0 bridgehead atoms. The van der Waals surface area contributed by atoms with Gasteiger partial charge in [-0.15, -0.1) is 5.10 Å². The predicted molar refractivity (Wildman–Crippen MR) is 108 cm³/mol. The average Bonchev–Trinajstić information content (AvgIpc) is 3.39. The molecule has 0 atom stereocenters. The minimum atomic E-state index is -0.0246. The topological polar surface area (TPSA) is 83.9 Å². The Labute approximate surface area is 158 Å². The SMILES string of the molecule is CC.[B]c1ccc(-n2cc(CNC(=S)NNC(=O)C3CC3)nn2)cc1.[HH].[HH].[HH]. The molecule has 1 fully saturated rings. The van der Waals surface area contributed by atoms with E-state index in [1.807, 2.05) is 26.0 Å². The minimum Gasteiger partial charge on any atom is -0.356 e. The molecule has 1 aliphatic rings. The van der Waals surface area contributed by atoms with Crippen LogP contribution in [0.2, 0.25) is 0 Å². The molecular weight excluding hydrogens is 335 g/mol. The number of nitrogens with zero attached hydrogens (tertiary/aromatic N) is 3. The molecule has 2 radical (unpaired) electrons. The van der Waals surface area contributed by atoms with Crippen molar-refractivity contribution in [3.63, 3.8) is 0 Å². The summed E-state index contributed by atoms with van der Waals surface area (Å²) in [5.74, 6) is 0.105. The van der Waals surface area contributed by atoms with Crippen molar-refractivity contribution >= 4 is 36.5 Å². The number of hydrogen-bond donors (Lipinski definition) is 3. The standard InChI is InChI=1S/C14H15BN6OS.C2H6.3H2/c15-10-3-5-12(6-4-10)21-8-11(17-20-21)7-16-14(23)19-18-13(22)9-1-2-9;1-2;;;/h3-6,8-9H,1-2,7H2,(H,18,22)(H2,16,19,23);1-2H3;3*1H. The molecule has 0 spiro atoms. The van der Waals surface area contributed by atoms with Gasteiger partial charge in [0.05, 0.1) is 18.4 Å². The number of rotatable bonds is 4. The van der Waals surface area contributed by atoms with Crippen LogP contribution in [0, 0.1) is 5.92 Å². The van der Waals surface area contributed by atoms with E-state index in [9.17, 15) is 4.79 Å².